The fourth-order valence-corrected chi connectivity index (χ4v) is 1.55. The zero-order chi connectivity index (χ0) is 12.8. The lowest BCUT2D eigenvalue weighted by Gasteiger charge is -2.16. The summed E-state index contributed by atoms with van der Waals surface area (Å²) in [6, 6.07) is 5.21. The standard InChI is InChI=1S/C13H18O4/c1-9(8-14)6-12(15)11-7-10(16-2)4-5-13(11)17-3/h4-5,7,12,14-15H,1,6,8H2,2-3H3. The monoisotopic (exact) mass is 238 g/mol. The van der Waals surface area contributed by atoms with E-state index in [2.05, 4.69) is 6.58 Å². The summed E-state index contributed by atoms with van der Waals surface area (Å²) in [5.41, 5.74) is 1.20. The van der Waals surface area contributed by atoms with Gasteiger partial charge in [0.1, 0.15) is 11.5 Å². The zero-order valence-corrected chi connectivity index (χ0v) is 10.1. The molecule has 1 atom stereocenters. The molecular weight excluding hydrogens is 220 g/mol. The topological polar surface area (TPSA) is 58.9 Å². The minimum absolute atomic E-state index is 0.136. The van der Waals surface area contributed by atoms with E-state index in [1.54, 1.807) is 32.4 Å². The average Bonchev–Trinajstić information content (AvgIpc) is 2.37. The minimum atomic E-state index is -0.764. The van der Waals surface area contributed by atoms with E-state index in [1.807, 2.05) is 0 Å². The lowest BCUT2D eigenvalue weighted by molar-refractivity contribution is 0.168. The maximum atomic E-state index is 10.0. The Bertz CT molecular complexity index is 387. The lowest BCUT2D eigenvalue weighted by atomic mass is 10.0. The van der Waals surface area contributed by atoms with Gasteiger partial charge in [-0.1, -0.05) is 6.58 Å². The van der Waals surface area contributed by atoms with Crippen LogP contribution in [0.4, 0.5) is 0 Å². The van der Waals surface area contributed by atoms with Gasteiger partial charge in [0.05, 0.1) is 26.9 Å². The number of hydrogen-bond donors (Lipinski definition) is 2. The molecule has 1 rings (SSSR count). The smallest absolute Gasteiger partial charge is 0.124 e. The van der Waals surface area contributed by atoms with Gasteiger partial charge in [-0.05, 0) is 23.8 Å². The van der Waals surface area contributed by atoms with E-state index in [-0.39, 0.29) is 6.61 Å². The molecule has 0 aliphatic heterocycles. The van der Waals surface area contributed by atoms with Crippen molar-refractivity contribution in [3.63, 3.8) is 0 Å². The SMILES string of the molecule is C=C(CO)CC(O)c1cc(OC)ccc1OC. The number of aliphatic hydroxyl groups is 2. The Balaban J connectivity index is 2.96. The van der Waals surface area contributed by atoms with Crippen molar-refractivity contribution in [1.29, 1.82) is 0 Å². The van der Waals surface area contributed by atoms with Crippen molar-refractivity contribution in [2.45, 2.75) is 12.5 Å². The molecule has 17 heavy (non-hydrogen) atoms. The van der Waals surface area contributed by atoms with Gasteiger partial charge < -0.3 is 19.7 Å². The highest BCUT2D eigenvalue weighted by Crippen LogP contribution is 2.32. The molecule has 0 heterocycles. The molecule has 4 heteroatoms. The van der Waals surface area contributed by atoms with E-state index in [9.17, 15) is 5.11 Å². The molecule has 0 saturated heterocycles. The highest BCUT2D eigenvalue weighted by molar-refractivity contribution is 5.42. The van der Waals surface area contributed by atoms with Gasteiger partial charge in [-0.15, -0.1) is 0 Å². The van der Waals surface area contributed by atoms with E-state index in [0.29, 0.717) is 29.1 Å². The number of rotatable bonds is 6. The first-order valence-corrected chi connectivity index (χ1v) is 5.29. The molecule has 0 spiro atoms. The summed E-state index contributed by atoms with van der Waals surface area (Å²) in [5.74, 6) is 1.23. The fourth-order valence-electron chi connectivity index (χ4n) is 1.55. The predicted octanol–water partition coefficient (Wildman–Crippen LogP) is 1.68. The van der Waals surface area contributed by atoms with E-state index >= 15 is 0 Å². The third kappa shape index (κ3) is 3.47. The van der Waals surface area contributed by atoms with E-state index in [4.69, 9.17) is 14.6 Å². The maximum absolute atomic E-state index is 10.0. The van der Waals surface area contributed by atoms with Crippen molar-refractivity contribution < 1.29 is 19.7 Å². The summed E-state index contributed by atoms with van der Waals surface area (Å²) >= 11 is 0. The molecule has 0 saturated carbocycles. The molecule has 0 aliphatic carbocycles. The molecular formula is C13H18O4. The van der Waals surface area contributed by atoms with Gasteiger partial charge in [0.2, 0.25) is 0 Å². The molecule has 0 radical (unpaired) electrons. The second-order valence-electron chi connectivity index (χ2n) is 3.74. The highest BCUT2D eigenvalue weighted by atomic mass is 16.5. The van der Waals surface area contributed by atoms with Gasteiger partial charge in [0.15, 0.2) is 0 Å². The van der Waals surface area contributed by atoms with Crippen molar-refractivity contribution in [3.8, 4) is 11.5 Å². The third-order valence-corrected chi connectivity index (χ3v) is 2.50. The molecule has 0 aliphatic rings. The Morgan fingerprint density at radius 2 is 2.06 bits per heavy atom. The van der Waals surface area contributed by atoms with Crippen LogP contribution in [-0.4, -0.2) is 31.0 Å². The molecule has 0 bridgehead atoms. The van der Waals surface area contributed by atoms with Crippen LogP contribution in [0.2, 0.25) is 0 Å². The lowest BCUT2D eigenvalue weighted by Crippen LogP contribution is -2.04. The first-order valence-electron chi connectivity index (χ1n) is 5.29. The average molecular weight is 238 g/mol. The largest absolute Gasteiger partial charge is 0.497 e. The van der Waals surface area contributed by atoms with E-state index in [0.717, 1.165) is 0 Å². The van der Waals surface area contributed by atoms with Crippen LogP contribution < -0.4 is 9.47 Å². The number of hydrogen-bond acceptors (Lipinski definition) is 4. The first-order chi connectivity index (χ1) is 8.12. The molecule has 0 aromatic heterocycles. The quantitative estimate of drug-likeness (QED) is 0.740. The molecule has 1 aromatic carbocycles. The van der Waals surface area contributed by atoms with Crippen LogP contribution in [0.5, 0.6) is 11.5 Å². The predicted molar refractivity (Wildman–Crippen MR) is 65.3 cm³/mol. The number of methoxy groups -OCH3 is 2. The van der Waals surface area contributed by atoms with Gasteiger partial charge >= 0.3 is 0 Å². The molecule has 0 amide bonds. The molecule has 1 aromatic rings. The molecule has 1 unspecified atom stereocenters. The van der Waals surface area contributed by atoms with Crippen molar-refractivity contribution in [3.05, 3.63) is 35.9 Å². The fraction of sp³-hybridized carbons (Fsp3) is 0.385. The van der Waals surface area contributed by atoms with Crippen LogP contribution >= 0.6 is 0 Å². The van der Waals surface area contributed by atoms with Crippen LogP contribution in [-0.2, 0) is 0 Å². The van der Waals surface area contributed by atoms with Crippen LogP contribution in [0.1, 0.15) is 18.1 Å². The van der Waals surface area contributed by atoms with Crippen LogP contribution in [0.15, 0.2) is 30.4 Å². The van der Waals surface area contributed by atoms with Gasteiger partial charge in [-0.2, -0.15) is 0 Å². The Hall–Kier alpha value is -1.52. The summed E-state index contributed by atoms with van der Waals surface area (Å²) in [7, 11) is 3.10. The van der Waals surface area contributed by atoms with Crippen molar-refractivity contribution in [1.82, 2.24) is 0 Å². The second-order valence-corrected chi connectivity index (χ2v) is 3.74. The Morgan fingerprint density at radius 3 is 2.59 bits per heavy atom. The van der Waals surface area contributed by atoms with Gasteiger partial charge in [-0.25, -0.2) is 0 Å². The number of ether oxygens (including phenoxy) is 2. The first kappa shape index (κ1) is 13.5. The summed E-state index contributed by atoms with van der Waals surface area (Å²) in [6.45, 7) is 3.52. The van der Waals surface area contributed by atoms with E-state index < -0.39 is 6.10 Å². The Morgan fingerprint density at radius 1 is 1.35 bits per heavy atom. The van der Waals surface area contributed by atoms with Crippen molar-refractivity contribution >= 4 is 0 Å². The minimum Gasteiger partial charge on any atom is -0.497 e. The van der Waals surface area contributed by atoms with Crippen LogP contribution in [0.25, 0.3) is 0 Å². The Kier molecular flexibility index (Phi) is 5.00. The molecule has 94 valence electrons. The van der Waals surface area contributed by atoms with Crippen molar-refractivity contribution in [2.75, 3.05) is 20.8 Å². The Labute approximate surface area is 101 Å². The second kappa shape index (κ2) is 6.27. The molecule has 4 nitrogen and oxygen atoms in total. The summed E-state index contributed by atoms with van der Waals surface area (Å²) < 4.78 is 10.3. The van der Waals surface area contributed by atoms with Gasteiger partial charge in [0, 0.05) is 12.0 Å². The van der Waals surface area contributed by atoms with E-state index in [1.165, 1.54) is 0 Å². The highest BCUT2D eigenvalue weighted by Gasteiger charge is 2.15. The van der Waals surface area contributed by atoms with Gasteiger partial charge in [-0.3, -0.25) is 0 Å². The normalized spacial score (nSPS) is 12.0. The summed E-state index contributed by atoms with van der Waals surface area (Å²) in [6.07, 6.45) is -0.472. The summed E-state index contributed by atoms with van der Waals surface area (Å²) in [4.78, 5) is 0. The van der Waals surface area contributed by atoms with Crippen LogP contribution in [0, 0.1) is 0 Å². The third-order valence-electron chi connectivity index (χ3n) is 2.50. The summed E-state index contributed by atoms with van der Waals surface area (Å²) in [5, 5.41) is 18.9. The molecule has 0 fully saturated rings. The maximum Gasteiger partial charge on any atom is 0.124 e. The van der Waals surface area contributed by atoms with Gasteiger partial charge in [0.25, 0.3) is 0 Å². The number of aliphatic hydroxyl groups excluding tert-OH is 2. The zero-order valence-electron chi connectivity index (χ0n) is 10.1. The molecule has 2 N–H and O–H groups in total. The number of benzene rings is 1. The van der Waals surface area contributed by atoms with Crippen LogP contribution in [0.3, 0.4) is 0 Å². The van der Waals surface area contributed by atoms with Crippen molar-refractivity contribution in [2.24, 2.45) is 0 Å².